The van der Waals surface area contributed by atoms with Crippen LogP contribution >= 0.6 is 23.1 Å². The number of thioether (sulfide) groups is 1. The number of carbonyl (C=O) groups is 3. The molecule has 0 aliphatic rings. The number of rotatable bonds is 9. The maximum atomic E-state index is 13.6. The molecule has 0 aliphatic heterocycles. The lowest BCUT2D eigenvalue weighted by Gasteiger charge is -2.17. The van der Waals surface area contributed by atoms with E-state index in [2.05, 4.69) is 5.32 Å². The molecule has 0 bridgehead atoms. The molecule has 1 atom stereocenters. The zero-order valence-electron chi connectivity index (χ0n) is 20.4. The molecule has 3 aromatic rings. The van der Waals surface area contributed by atoms with E-state index in [0.717, 1.165) is 21.8 Å². The monoisotopic (exact) mass is 511 g/mol. The highest BCUT2D eigenvalue weighted by molar-refractivity contribution is 8.00. The van der Waals surface area contributed by atoms with Crippen LogP contribution < -0.4 is 5.32 Å². The molecule has 0 saturated heterocycles. The molecule has 1 amide bonds. The van der Waals surface area contributed by atoms with Crippen molar-refractivity contribution in [3.63, 3.8) is 0 Å². The van der Waals surface area contributed by atoms with E-state index in [1.54, 1.807) is 34.6 Å². The van der Waals surface area contributed by atoms with Crippen LogP contribution in [-0.2, 0) is 14.3 Å². The lowest BCUT2D eigenvalue weighted by molar-refractivity contribution is -0.115. The van der Waals surface area contributed by atoms with E-state index in [1.807, 2.05) is 60.7 Å². The zero-order valence-corrected chi connectivity index (χ0v) is 22.0. The molecule has 0 aliphatic carbocycles. The van der Waals surface area contributed by atoms with Gasteiger partial charge in [0.2, 0.25) is 5.91 Å². The average Bonchev–Trinajstić information content (AvgIpc) is 3.13. The number of carbonyl (C=O) groups excluding carboxylic acids is 3. The Hall–Kier alpha value is -3.10. The van der Waals surface area contributed by atoms with Gasteiger partial charge in [-0.1, -0.05) is 48.5 Å². The van der Waals surface area contributed by atoms with Gasteiger partial charge in [0.25, 0.3) is 0 Å². The molecule has 1 aromatic heterocycles. The van der Waals surface area contributed by atoms with Crippen LogP contribution in [-0.4, -0.2) is 30.1 Å². The summed E-state index contributed by atoms with van der Waals surface area (Å²) in [5.41, 5.74) is 1.41. The molecule has 0 radical (unpaired) electrons. The molecule has 8 heteroatoms. The summed E-state index contributed by atoms with van der Waals surface area (Å²) in [6, 6.07) is 19.0. The molecule has 184 valence electrons. The van der Waals surface area contributed by atoms with Gasteiger partial charge in [-0.2, -0.15) is 0 Å². The summed E-state index contributed by atoms with van der Waals surface area (Å²) < 4.78 is 10.8. The van der Waals surface area contributed by atoms with Crippen LogP contribution in [0.4, 0.5) is 5.00 Å². The predicted octanol–water partition coefficient (Wildman–Crippen LogP) is 6.66. The number of hydrogen-bond acceptors (Lipinski definition) is 7. The molecule has 1 heterocycles. The molecule has 2 aromatic carbocycles. The third-order valence-electron chi connectivity index (χ3n) is 4.80. The number of nitrogens with one attached hydrogen (secondary N) is 1. The smallest absolute Gasteiger partial charge is 0.348 e. The predicted molar refractivity (Wildman–Crippen MR) is 140 cm³/mol. The maximum absolute atomic E-state index is 13.6. The number of anilines is 1. The molecule has 0 spiro atoms. The number of esters is 2. The third-order valence-corrected chi connectivity index (χ3v) is 7.25. The van der Waals surface area contributed by atoms with Crippen LogP contribution in [0.1, 0.15) is 64.1 Å². The second-order valence-electron chi connectivity index (χ2n) is 8.38. The minimum atomic E-state index is -0.598. The van der Waals surface area contributed by atoms with E-state index in [4.69, 9.17) is 9.47 Å². The highest BCUT2D eigenvalue weighted by Crippen LogP contribution is 2.39. The quantitative estimate of drug-likeness (QED) is 0.256. The van der Waals surface area contributed by atoms with Crippen molar-refractivity contribution in [1.82, 2.24) is 0 Å². The summed E-state index contributed by atoms with van der Waals surface area (Å²) in [7, 11) is 0. The first-order chi connectivity index (χ1) is 16.7. The first-order valence-corrected chi connectivity index (χ1v) is 13.0. The normalized spacial score (nSPS) is 11.9. The van der Waals surface area contributed by atoms with Gasteiger partial charge in [0, 0.05) is 4.90 Å². The van der Waals surface area contributed by atoms with E-state index in [-0.39, 0.29) is 33.6 Å². The van der Waals surface area contributed by atoms with Crippen LogP contribution in [0, 0.1) is 6.92 Å². The third kappa shape index (κ3) is 6.96. The lowest BCUT2D eigenvalue weighted by Crippen LogP contribution is -2.21. The van der Waals surface area contributed by atoms with Gasteiger partial charge in [-0.25, -0.2) is 9.59 Å². The highest BCUT2D eigenvalue weighted by Gasteiger charge is 2.30. The summed E-state index contributed by atoms with van der Waals surface area (Å²) in [6.07, 6.45) is -0.681. The lowest BCUT2D eigenvalue weighted by atomic mass is 10.1. The Morgan fingerprint density at radius 1 is 0.829 bits per heavy atom. The SMILES string of the molecule is Cc1c(C(=O)OC(C)C)sc(NC(=O)C(Sc2ccccc2)c2ccccc2)c1C(=O)OC(C)C. The molecule has 35 heavy (non-hydrogen) atoms. The van der Waals surface area contributed by atoms with Gasteiger partial charge in [0.15, 0.2) is 0 Å². The fraction of sp³-hybridized carbons (Fsp3) is 0.296. The van der Waals surface area contributed by atoms with Crippen molar-refractivity contribution in [3.8, 4) is 0 Å². The van der Waals surface area contributed by atoms with Crippen molar-refractivity contribution < 1.29 is 23.9 Å². The Kier molecular flexibility index (Phi) is 9.12. The first-order valence-electron chi connectivity index (χ1n) is 11.3. The number of thiophene rings is 1. The van der Waals surface area contributed by atoms with Crippen molar-refractivity contribution in [2.75, 3.05) is 5.32 Å². The standard InChI is InChI=1S/C27H29NO5S2/c1-16(2)32-26(30)21-18(5)22(27(31)33-17(3)4)35-25(21)28-24(29)23(19-12-8-6-9-13-19)34-20-14-10-7-11-15-20/h6-17,23H,1-5H3,(H,28,29). The van der Waals surface area contributed by atoms with E-state index in [0.29, 0.717) is 5.56 Å². The molecule has 0 fully saturated rings. The van der Waals surface area contributed by atoms with Crippen LogP contribution in [0.15, 0.2) is 65.6 Å². The second kappa shape index (κ2) is 12.0. The first kappa shape index (κ1) is 26.5. The highest BCUT2D eigenvalue weighted by atomic mass is 32.2. The summed E-state index contributed by atoms with van der Waals surface area (Å²) in [4.78, 5) is 40.4. The molecular formula is C27H29NO5S2. The van der Waals surface area contributed by atoms with Crippen LogP contribution in [0.5, 0.6) is 0 Å². The minimum Gasteiger partial charge on any atom is -0.459 e. The molecular weight excluding hydrogens is 482 g/mol. The van der Waals surface area contributed by atoms with Gasteiger partial charge in [-0.15, -0.1) is 23.1 Å². The van der Waals surface area contributed by atoms with Gasteiger partial charge >= 0.3 is 11.9 Å². The van der Waals surface area contributed by atoms with Gasteiger partial charge in [-0.3, -0.25) is 4.79 Å². The van der Waals surface area contributed by atoms with Crippen molar-refractivity contribution >= 4 is 45.9 Å². The molecule has 1 N–H and O–H groups in total. The molecule has 6 nitrogen and oxygen atoms in total. The fourth-order valence-corrected chi connectivity index (χ4v) is 5.42. The van der Waals surface area contributed by atoms with E-state index >= 15 is 0 Å². The van der Waals surface area contributed by atoms with E-state index in [1.165, 1.54) is 11.8 Å². The molecule has 0 saturated carbocycles. The minimum absolute atomic E-state index is 0.171. The topological polar surface area (TPSA) is 81.7 Å². The van der Waals surface area contributed by atoms with Crippen molar-refractivity contribution in [2.45, 2.75) is 57.0 Å². The van der Waals surface area contributed by atoms with Gasteiger partial charge in [0.05, 0.1) is 17.8 Å². The van der Waals surface area contributed by atoms with Crippen LogP contribution in [0.25, 0.3) is 0 Å². The molecule has 1 unspecified atom stereocenters. The number of ether oxygens (including phenoxy) is 2. The number of benzene rings is 2. The Bertz CT molecular complexity index is 1170. The van der Waals surface area contributed by atoms with E-state index in [9.17, 15) is 14.4 Å². The van der Waals surface area contributed by atoms with Gasteiger partial charge in [-0.05, 0) is 57.9 Å². The number of amides is 1. The second-order valence-corrected chi connectivity index (χ2v) is 10.6. The summed E-state index contributed by atoms with van der Waals surface area (Å²) in [5, 5.41) is 2.59. The average molecular weight is 512 g/mol. The summed E-state index contributed by atoms with van der Waals surface area (Å²) in [6.45, 7) is 8.65. The Balaban J connectivity index is 1.99. The Labute approximate surface area is 214 Å². The fourth-order valence-electron chi connectivity index (χ4n) is 3.30. The summed E-state index contributed by atoms with van der Waals surface area (Å²) in [5.74, 6) is -1.45. The maximum Gasteiger partial charge on any atom is 0.348 e. The van der Waals surface area contributed by atoms with Gasteiger partial charge < -0.3 is 14.8 Å². The Morgan fingerprint density at radius 2 is 1.37 bits per heavy atom. The van der Waals surface area contributed by atoms with Crippen molar-refractivity contribution in [3.05, 3.63) is 82.2 Å². The van der Waals surface area contributed by atoms with Crippen molar-refractivity contribution in [1.29, 1.82) is 0 Å². The van der Waals surface area contributed by atoms with Gasteiger partial charge in [0.1, 0.15) is 15.1 Å². The van der Waals surface area contributed by atoms with Crippen molar-refractivity contribution in [2.24, 2.45) is 0 Å². The molecule has 3 rings (SSSR count). The van der Waals surface area contributed by atoms with Crippen LogP contribution in [0.3, 0.4) is 0 Å². The Morgan fingerprint density at radius 3 is 1.94 bits per heavy atom. The number of hydrogen-bond donors (Lipinski definition) is 1. The van der Waals surface area contributed by atoms with Crippen LogP contribution in [0.2, 0.25) is 0 Å². The van der Waals surface area contributed by atoms with E-state index < -0.39 is 17.2 Å². The summed E-state index contributed by atoms with van der Waals surface area (Å²) >= 11 is 2.43. The largest absolute Gasteiger partial charge is 0.459 e. The zero-order chi connectivity index (χ0) is 25.5.